The van der Waals surface area contributed by atoms with Crippen molar-refractivity contribution in [3.8, 4) is 5.75 Å². The fourth-order valence-corrected chi connectivity index (χ4v) is 5.49. The number of hydrogen-bond donors (Lipinski definition) is 1. The molecule has 0 bridgehead atoms. The molecule has 4 rings (SSSR count). The van der Waals surface area contributed by atoms with Gasteiger partial charge >= 0.3 is 6.03 Å². The molecule has 0 saturated carbocycles. The molecule has 6 nitrogen and oxygen atoms in total. The third-order valence-corrected chi connectivity index (χ3v) is 6.64. The number of anilines is 1. The Kier molecular flexibility index (Phi) is 7.53. The molecule has 1 N–H and O–H groups in total. The second-order valence-corrected chi connectivity index (χ2v) is 9.93. The molecule has 1 heterocycles. The first-order chi connectivity index (χ1) is 16.2. The molecule has 0 aromatic heterocycles. The average molecular weight is 703 g/mol. The smallest absolute Gasteiger partial charge is 0.335 e. The number of rotatable bonds is 5. The third-order valence-electron chi connectivity index (χ3n) is 4.79. The fraction of sp³-hybridized carbons (Fsp3) is 0.0417. The first kappa shape index (κ1) is 24.6. The van der Waals surface area contributed by atoms with E-state index < -0.39 is 17.8 Å². The Morgan fingerprint density at radius 3 is 2.32 bits per heavy atom. The second kappa shape index (κ2) is 10.4. The second-order valence-electron chi connectivity index (χ2n) is 7.17. The largest absolute Gasteiger partial charge is 0.487 e. The summed E-state index contributed by atoms with van der Waals surface area (Å²) in [4.78, 5) is 38.7. The van der Waals surface area contributed by atoms with E-state index in [4.69, 9.17) is 16.3 Å². The van der Waals surface area contributed by atoms with E-state index in [-0.39, 0.29) is 23.7 Å². The van der Waals surface area contributed by atoms with E-state index >= 15 is 0 Å². The van der Waals surface area contributed by atoms with Gasteiger partial charge in [0.15, 0.2) is 0 Å². The van der Waals surface area contributed by atoms with Gasteiger partial charge in [-0.25, -0.2) is 14.1 Å². The molecule has 10 heteroatoms. The zero-order valence-electron chi connectivity index (χ0n) is 17.2. The number of halogens is 4. The Balaban J connectivity index is 1.60. The van der Waals surface area contributed by atoms with E-state index in [1.165, 1.54) is 30.3 Å². The molecule has 1 saturated heterocycles. The van der Waals surface area contributed by atoms with Crippen LogP contribution in [-0.2, 0) is 16.2 Å². The van der Waals surface area contributed by atoms with Crippen molar-refractivity contribution in [2.24, 2.45) is 0 Å². The van der Waals surface area contributed by atoms with E-state index in [1.807, 2.05) is 0 Å². The van der Waals surface area contributed by atoms with Gasteiger partial charge in [0.1, 0.15) is 23.7 Å². The lowest BCUT2D eigenvalue weighted by atomic mass is 10.1. The topological polar surface area (TPSA) is 75.7 Å². The minimum Gasteiger partial charge on any atom is -0.487 e. The molecule has 0 spiro atoms. The van der Waals surface area contributed by atoms with Crippen LogP contribution >= 0.6 is 56.8 Å². The van der Waals surface area contributed by atoms with Crippen molar-refractivity contribution >= 4 is 86.4 Å². The number of amides is 4. The highest BCUT2D eigenvalue weighted by Gasteiger charge is 2.36. The van der Waals surface area contributed by atoms with Crippen molar-refractivity contribution in [1.29, 1.82) is 0 Å². The molecule has 0 radical (unpaired) electrons. The number of ether oxygens (including phenoxy) is 1. The van der Waals surface area contributed by atoms with Crippen molar-refractivity contribution < 1.29 is 23.5 Å². The first-order valence-electron chi connectivity index (χ1n) is 9.76. The fourth-order valence-electron chi connectivity index (χ4n) is 3.23. The van der Waals surface area contributed by atoms with Crippen molar-refractivity contribution in [2.45, 2.75) is 6.61 Å². The molecule has 0 unspecified atom stereocenters. The van der Waals surface area contributed by atoms with Crippen LogP contribution in [0.3, 0.4) is 0 Å². The quantitative estimate of drug-likeness (QED) is 0.203. The summed E-state index contributed by atoms with van der Waals surface area (Å²) in [6, 6.07) is 14.9. The zero-order chi connectivity index (χ0) is 24.4. The Bertz CT molecular complexity index is 1320. The summed E-state index contributed by atoms with van der Waals surface area (Å²) in [6.07, 6.45) is 1.42. The maximum Gasteiger partial charge on any atom is 0.335 e. The third kappa shape index (κ3) is 5.41. The number of imide groups is 2. The van der Waals surface area contributed by atoms with E-state index in [0.717, 1.165) is 12.0 Å². The normalized spacial score (nSPS) is 15.0. The molecule has 4 amide bonds. The van der Waals surface area contributed by atoms with E-state index in [0.29, 0.717) is 21.9 Å². The summed E-state index contributed by atoms with van der Waals surface area (Å²) < 4.78 is 20.8. The summed E-state index contributed by atoms with van der Waals surface area (Å²) >= 11 is 10.1. The molecule has 0 aliphatic carbocycles. The molecule has 3 aromatic rings. The van der Waals surface area contributed by atoms with Gasteiger partial charge in [0.25, 0.3) is 11.8 Å². The Morgan fingerprint density at radius 2 is 1.68 bits per heavy atom. The highest BCUT2D eigenvalue weighted by Crippen LogP contribution is 2.31. The number of barbiturate groups is 1. The van der Waals surface area contributed by atoms with Crippen LogP contribution in [0, 0.1) is 13.0 Å². The Hall–Kier alpha value is -2.51. The molecule has 0 atom stereocenters. The number of carbonyl (C=O) groups is 3. The van der Waals surface area contributed by atoms with Crippen molar-refractivity contribution in [3.05, 3.63) is 95.3 Å². The van der Waals surface area contributed by atoms with Crippen LogP contribution in [0.5, 0.6) is 5.75 Å². The summed E-state index contributed by atoms with van der Waals surface area (Å²) in [5, 5.41) is 2.64. The van der Waals surface area contributed by atoms with Crippen molar-refractivity contribution in [2.75, 3.05) is 4.90 Å². The summed E-state index contributed by atoms with van der Waals surface area (Å²) in [7, 11) is 0. The summed E-state index contributed by atoms with van der Waals surface area (Å²) in [6.45, 7) is 0.184. The van der Waals surface area contributed by atoms with Crippen molar-refractivity contribution in [3.63, 3.8) is 0 Å². The Labute approximate surface area is 226 Å². The van der Waals surface area contributed by atoms with Gasteiger partial charge in [-0.3, -0.25) is 14.9 Å². The number of nitrogens with one attached hydrogen (secondary N) is 1. The van der Waals surface area contributed by atoms with Crippen LogP contribution in [0.15, 0.2) is 66.2 Å². The average Bonchev–Trinajstić information content (AvgIpc) is 2.77. The molecule has 172 valence electrons. The summed E-state index contributed by atoms with van der Waals surface area (Å²) in [5.74, 6) is -1.26. The van der Waals surface area contributed by atoms with Crippen LogP contribution < -0.4 is 15.0 Å². The lowest BCUT2D eigenvalue weighted by molar-refractivity contribution is -0.122. The number of benzene rings is 3. The lowest BCUT2D eigenvalue weighted by Gasteiger charge is -2.26. The molecular formula is C24H14ClFI2N2O4. The predicted molar refractivity (Wildman–Crippen MR) is 143 cm³/mol. The maximum atomic E-state index is 13.4. The maximum absolute atomic E-state index is 13.4. The van der Waals surface area contributed by atoms with Crippen LogP contribution in [0.25, 0.3) is 6.08 Å². The number of carbonyl (C=O) groups excluding carboxylic acids is 3. The van der Waals surface area contributed by atoms with Gasteiger partial charge in [-0.2, -0.15) is 0 Å². The van der Waals surface area contributed by atoms with Crippen LogP contribution in [0.2, 0.25) is 5.02 Å². The number of urea groups is 1. The highest BCUT2D eigenvalue weighted by molar-refractivity contribution is 14.1. The molecule has 3 aromatic carbocycles. The number of hydrogen-bond acceptors (Lipinski definition) is 4. The molecule has 34 heavy (non-hydrogen) atoms. The van der Waals surface area contributed by atoms with Gasteiger partial charge in [0.2, 0.25) is 0 Å². The number of nitrogens with zero attached hydrogens (tertiary/aromatic N) is 1. The van der Waals surface area contributed by atoms with Gasteiger partial charge < -0.3 is 4.74 Å². The lowest BCUT2D eigenvalue weighted by Crippen LogP contribution is -2.54. The molecule has 1 aliphatic heterocycles. The van der Waals surface area contributed by atoms with E-state index in [2.05, 4.69) is 50.5 Å². The van der Waals surface area contributed by atoms with E-state index in [9.17, 15) is 18.8 Å². The van der Waals surface area contributed by atoms with E-state index in [1.54, 1.807) is 36.4 Å². The van der Waals surface area contributed by atoms with Crippen LogP contribution in [-0.4, -0.2) is 17.8 Å². The van der Waals surface area contributed by atoms with Crippen molar-refractivity contribution in [1.82, 2.24) is 5.32 Å². The minimum atomic E-state index is -0.834. The monoisotopic (exact) mass is 702 g/mol. The Morgan fingerprint density at radius 1 is 1.00 bits per heavy atom. The highest BCUT2D eigenvalue weighted by atomic mass is 127. The summed E-state index contributed by atoms with van der Waals surface area (Å²) in [5.41, 5.74) is 1.37. The predicted octanol–water partition coefficient (Wildman–Crippen LogP) is 5.93. The standard InChI is InChI=1S/C24H14ClFI2N2O4/c25-15-4-6-17(7-5-15)30-23(32)18(22(31)29-24(30)33)9-14-10-19(27)21(20(28)11-14)34-12-13-2-1-3-16(26)8-13/h1-11H,12H2,(H,29,31,33)/b18-9+. The van der Waals surface area contributed by atoms with Gasteiger partial charge in [-0.05, 0) is 111 Å². The van der Waals surface area contributed by atoms with Gasteiger partial charge in [-0.1, -0.05) is 23.7 Å². The molecule has 1 fully saturated rings. The first-order valence-corrected chi connectivity index (χ1v) is 12.3. The minimum absolute atomic E-state index is 0.184. The SMILES string of the molecule is O=C1NC(=O)N(c2ccc(Cl)cc2)C(=O)/C1=C/c1cc(I)c(OCc2cccc(F)c2)c(I)c1. The van der Waals surface area contributed by atoms with Gasteiger partial charge in [-0.15, -0.1) is 0 Å². The molecular weight excluding hydrogens is 689 g/mol. The molecule has 1 aliphatic rings. The van der Waals surface area contributed by atoms with Gasteiger partial charge in [0.05, 0.1) is 12.8 Å². The van der Waals surface area contributed by atoms with Crippen LogP contribution in [0.4, 0.5) is 14.9 Å². The van der Waals surface area contributed by atoms with Crippen LogP contribution in [0.1, 0.15) is 11.1 Å². The zero-order valence-corrected chi connectivity index (χ0v) is 22.2. The van der Waals surface area contributed by atoms with Gasteiger partial charge in [0, 0.05) is 5.02 Å².